The zero-order valence-corrected chi connectivity index (χ0v) is 18.5. The van der Waals surface area contributed by atoms with Crippen LogP contribution in [-0.4, -0.2) is 56.4 Å². The maximum Gasteiger partial charge on any atom is 0.254 e. The summed E-state index contributed by atoms with van der Waals surface area (Å²) in [5, 5.41) is 5.65. The van der Waals surface area contributed by atoms with Gasteiger partial charge < -0.3 is 20.1 Å². The molecule has 172 valence electrons. The molecule has 2 saturated heterocycles. The molecule has 0 saturated carbocycles. The van der Waals surface area contributed by atoms with E-state index in [1.807, 2.05) is 64.2 Å². The lowest BCUT2D eigenvalue weighted by atomic mass is 10.1. The lowest BCUT2D eigenvalue weighted by Gasteiger charge is -2.32. The van der Waals surface area contributed by atoms with Gasteiger partial charge in [0.15, 0.2) is 11.8 Å². The highest BCUT2D eigenvalue weighted by Gasteiger charge is 2.37. The van der Waals surface area contributed by atoms with Crippen LogP contribution >= 0.6 is 0 Å². The molecule has 2 aromatic heterocycles. The van der Waals surface area contributed by atoms with Gasteiger partial charge in [-0.25, -0.2) is 14.6 Å². The lowest BCUT2D eigenvalue weighted by molar-refractivity contribution is -0.134. The van der Waals surface area contributed by atoms with Crippen LogP contribution in [0.5, 0.6) is 11.5 Å². The molecule has 4 aromatic rings. The van der Waals surface area contributed by atoms with Gasteiger partial charge in [-0.3, -0.25) is 4.79 Å². The van der Waals surface area contributed by atoms with Gasteiger partial charge in [0.1, 0.15) is 29.3 Å². The number of fused-ring (bicyclic) bond motifs is 1. The third-order valence-electron chi connectivity index (χ3n) is 6.29. The van der Waals surface area contributed by atoms with Crippen LogP contribution in [0.3, 0.4) is 0 Å². The number of rotatable bonds is 5. The van der Waals surface area contributed by atoms with Crippen molar-refractivity contribution in [1.82, 2.24) is 24.6 Å². The first-order chi connectivity index (χ1) is 16.7. The maximum absolute atomic E-state index is 12.6. The van der Waals surface area contributed by atoms with Crippen LogP contribution in [0.1, 0.15) is 18.9 Å². The molecule has 6 rings (SSSR count). The van der Waals surface area contributed by atoms with E-state index in [0.29, 0.717) is 35.7 Å². The van der Waals surface area contributed by atoms with Crippen LogP contribution in [0, 0.1) is 0 Å². The monoisotopic (exact) mass is 456 g/mol. The van der Waals surface area contributed by atoms with Crippen LogP contribution in [0.2, 0.25) is 0 Å². The van der Waals surface area contributed by atoms with Gasteiger partial charge in [0.25, 0.3) is 5.91 Å². The molecule has 2 fully saturated rings. The third-order valence-corrected chi connectivity index (χ3v) is 6.29. The van der Waals surface area contributed by atoms with Crippen LogP contribution in [0.4, 0.5) is 5.82 Å². The zero-order chi connectivity index (χ0) is 23.1. The summed E-state index contributed by atoms with van der Waals surface area (Å²) in [6.45, 7) is 1.83. The van der Waals surface area contributed by atoms with Gasteiger partial charge in [0.05, 0.1) is 18.0 Å². The van der Waals surface area contributed by atoms with Gasteiger partial charge in [0.2, 0.25) is 0 Å². The first kappa shape index (κ1) is 20.6. The smallest absolute Gasteiger partial charge is 0.254 e. The van der Waals surface area contributed by atoms with Crippen molar-refractivity contribution in [2.24, 2.45) is 0 Å². The molecule has 34 heavy (non-hydrogen) atoms. The minimum atomic E-state index is -0.279. The molecular weight excluding hydrogens is 432 g/mol. The predicted molar refractivity (Wildman–Crippen MR) is 126 cm³/mol. The summed E-state index contributed by atoms with van der Waals surface area (Å²) >= 11 is 0. The number of amides is 1. The van der Waals surface area contributed by atoms with Crippen molar-refractivity contribution in [3.63, 3.8) is 0 Å². The third kappa shape index (κ3) is 3.84. The first-order valence-corrected chi connectivity index (χ1v) is 11.4. The number of carbonyl (C=O) groups is 1. The van der Waals surface area contributed by atoms with E-state index in [-0.39, 0.29) is 18.1 Å². The Morgan fingerprint density at radius 2 is 1.82 bits per heavy atom. The molecular formula is C25H24N6O3. The molecule has 9 heteroatoms. The summed E-state index contributed by atoms with van der Waals surface area (Å²) in [5.41, 5.74) is 8.56. The number of benzene rings is 2. The van der Waals surface area contributed by atoms with Crippen molar-refractivity contribution in [3.8, 4) is 22.8 Å². The minimum Gasteiger partial charge on any atom is -0.457 e. The van der Waals surface area contributed by atoms with Crippen LogP contribution in [0.25, 0.3) is 22.3 Å². The van der Waals surface area contributed by atoms with Gasteiger partial charge in [-0.1, -0.05) is 18.2 Å². The van der Waals surface area contributed by atoms with E-state index in [9.17, 15) is 4.79 Å². The van der Waals surface area contributed by atoms with E-state index >= 15 is 0 Å². The maximum atomic E-state index is 12.6. The Hall–Kier alpha value is -3.98. The SMILES string of the molecule is Nc1ncnc2c1c(-c1ccc(Oc3ccccc3)cc1)nn2C1CCCN(C(=O)C2CO2)C1. The van der Waals surface area contributed by atoms with E-state index in [1.54, 1.807) is 0 Å². The number of para-hydroxylation sites is 1. The Labute approximate surface area is 196 Å². The number of likely N-dealkylation sites (tertiary alicyclic amines) is 1. The van der Waals surface area contributed by atoms with E-state index < -0.39 is 0 Å². The fourth-order valence-corrected chi connectivity index (χ4v) is 4.51. The molecule has 2 aliphatic heterocycles. The zero-order valence-electron chi connectivity index (χ0n) is 18.5. The Morgan fingerprint density at radius 3 is 2.59 bits per heavy atom. The predicted octanol–water partition coefficient (Wildman–Crippen LogP) is 3.43. The topological polar surface area (TPSA) is 112 Å². The lowest BCUT2D eigenvalue weighted by Crippen LogP contribution is -2.43. The summed E-state index contributed by atoms with van der Waals surface area (Å²) in [6, 6.07) is 17.4. The number of hydrogen-bond donors (Lipinski definition) is 1. The molecule has 0 spiro atoms. The number of ether oxygens (including phenoxy) is 2. The number of carbonyl (C=O) groups excluding carboxylic acids is 1. The molecule has 2 aliphatic rings. The van der Waals surface area contributed by atoms with Crippen molar-refractivity contribution >= 4 is 22.8 Å². The van der Waals surface area contributed by atoms with Gasteiger partial charge >= 0.3 is 0 Å². The molecule has 0 radical (unpaired) electrons. The molecule has 2 atom stereocenters. The van der Waals surface area contributed by atoms with Gasteiger partial charge in [0, 0.05) is 18.7 Å². The van der Waals surface area contributed by atoms with Crippen LogP contribution in [0.15, 0.2) is 60.9 Å². The van der Waals surface area contributed by atoms with Crippen molar-refractivity contribution in [3.05, 3.63) is 60.9 Å². The number of nitrogen functional groups attached to an aromatic ring is 1. The summed E-state index contributed by atoms with van der Waals surface area (Å²) in [7, 11) is 0. The van der Waals surface area contributed by atoms with Crippen LogP contribution < -0.4 is 10.5 Å². The Kier molecular flexibility index (Phi) is 5.10. The van der Waals surface area contributed by atoms with E-state index in [0.717, 1.165) is 36.4 Å². The highest BCUT2D eigenvalue weighted by atomic mass is 16.6. The fourth-order valence-electron chi connectivity index (χ4n) is 4.51. The van der Waals surface area contributed by atoms with E-state index in [4.69, 9.17) is 20.3 Å². The Morgan fingerprint density at radius 1 is 1.06 bits per heavy atom. The molecule has 0 aliphatic carbocycles. The molecule has 2 aromatic carbocycles. The number of nitrogens with two attached hydrogens (primary N) is 1. The standard InChI is InChI=1S/C25H24N6O3/c26-23-21-22(16-8-10-19(11-9-16)34-18-6-2-1-3-7-18)29-31(24(21)28-15-27-23)17-5-4-12-30(13-17)25(32)20-14-33-20/h1-3,6-11,15,17,20H,4-5,12-14H2,(H2,26,27,28). The molecule has 9 nitrogen and oxygen atoms in total. The molecule has 2 unspecified atom stereocenters. The van der Waals surface area contributed by atoms with Crippen LogP contribution in [-0.2, 0) is 9.53 Å². The van der Waals surface area contributed by atoms with E-state index in [1.165, 1.54) is 6.33 Å². The summed E-state index contributed by atoms with van der Waals surface area (Å²) in [6.07, 6.45) is 2.98. The van der Waals surface area contributed by atoms with Crippen molar-refractivity contribution in [2.75, 3.05) is 25.4 Å². The number of nitrogens with zero attached hydrogens (tertiary/aromatic N) is 5. The second-order valence-corrected chi connectivity index (χ2v) is 8.59. The van der Waals surface area contributed by atoms with Gasteiger partial charge in [-0.15, -0.1) is 0 Å². The molecule has 1 amide bonds. The number of anilines is 1. The highest BCUT2D eigenvalue weighted by molar-refractivity contribution is 5.98. The fraction of sp³-hybridized carbons (Fsp3) is 0.280. The number of epoxide rings is 1. The molecule has 4 heterocycles. The van der Waals surface area contributed by atoms with Crippen molar-refractivity contribution < 1.29 is 14.3 Å². The normalized spacial score (nSPS) is 19.8. The van der Waals surface area contributed by atoms with E-state index in [2.05, 4.69) is 9.97 Å². The van der Waals surface area contributed by atoms with Crippen molar-refractivity contribution in [2.45, 2.75) is 25.0 Å². The van der Waals surface area contributed by atoms with Gasteiger partial charge in [-0.05, 0) is 49.2 Å². The summed E-state index contributed by atoms with van der Waals surface area (Å²) in [4.78, 5) is 23.2. The average molecular weight is 457 g/mol. The molecule has 0 bridgehead atoms. The second kappa shape index (κ2) is 8.42. The first-order valence-electron chi connectivity index (χ1n) is 11.4. The van der Waals surface area contributed by atoms with Gasteiger partial charge in [-0.2, -0.15) is 5.10 Å². The number of hydrogen-bond acceptors (Lipinski definition) is 7. The molecule has 2 N–H and O–H groups in total. The number of piperidine rings is 1. The van der Waals surface area contributed by atoms with Crippen molar-refractivity contribution in [1.29, 1.82) is 0 Å². The largest absolute Gasteiger partial charge is 0.457 e. The minimum absolute atomic E-state index is 0.00249. The summed E-state index contributed by atoms with van der Waals surface area (Å²) in [5.74, 6) is 1.94. The highest BCUT2D eigenvalue weighted by Crippen LogP contribution is 2.35. The quantitative estimate of drug-likeness (QED) is 0.458. The Bertz CT molecular complexity index is 1330. The summed E-state index contributed by atoms with van der Waals surface area (Å²) < 4.78 is 13.0. The number of aromatic nitrogens is 4. The Balaban J connectivity index is 1.33. The second-order valence-electron chi connectivity index (χ2n) is 8.59. The average Bonchev–Trinajstić information content (AvgIpc) is 3.65.